The summed E-state index contributed by atoms with van der Waals surface area (Å²) in [6.45, 7) is -1.58. The molecule has 16 heteroatoms. The average molecular weight is 669 g/mol. The zero-order valence-electron chi connectivity index (χ0n) is 22.9. The van der Waals surface area contributed by atoms with E-state index >= 15 is 0 Å². The van der Waals surface area contributed by atoms with Gasteiger partial charge in [-0.3, -0.25) is 50.0 Å². The van der Waals surface area contributed by atoms with Gasteiger partial charge in [-0.1, -0.05) is 0 Å². The molecule has 0 fully saturated rings. The first-order chi connectivity index (χ1) is 21.5. The van der Waals surface area contributed by atoms with Gasteiger partial charge in [-0.15, -0.1) is 0 Å². The van der Waals surface area contributed by atoms with Gasteiger partial charge in [0.15, 0.2) is 0 Å². The number of hydrogen-bond donors (Lipinski definition) is 5. The van der Waals surface area contributed by atoms with Crippen LogP contribution in [0.3, 0.4) is 0 Å². The van der Waals surface area contributed by atoms with Gasteiger partial charge in [-0.2, -0.15) is 0 Å². The van der Waals surface area contributed by atoms with Gasteiger partial charge in [-0.25, -0.2) is 25.3 Å². The number of hydrogen-bond acceptors (Lipinski definition) is 10. The van der Waals surface area contributed by atoms with Crippen LogP contribution in [-0.4, -0.2) is 80.9 Å². The van der Waals surface area contributed by atoms with Gasteiger partial charge in [0.05, 0.1) is 60.5 Å². The Kier molecular flexibility index (Phi) is 4.31. The van der Waals surface area contributed by atoms with Crippen molar-refractivity contribution < 1.29 is 67.1 Å². The van der Waals surface area contributed by atoms with E-state index in [4.69, 9.17) is 0 Å². The molecule has 11 rings (SSSR count). The third-order valence-electron chi connectivity index (χ3n) is 10.5. The summed E-state index contributed by atoms with van der Waals surface area (Å²) >= 11 is 0. The van der Waals surface area contributed by atoms with Crippen molar-refractivity contribution in [1.82, 2.24) is 25.3 Å². The molecule has 0 saturated carbocycles. The van der Waals surface area contributed by atoms with Crippen LogP contribution in [0.4, 0.5) is 0 Å². The summed E-state index contributed by atoms with van der Waals surface area (Å²) in [7, 11) is 0. The number of carbonyl (C=O) groups is 5. The molecule has 0 spiro atoms. The minimum atomic E-state index is -0.781. The second-order valence-electron chi connectivity index (χ2n) is 12.3. The molecule has 0 atom stereocenters. The first-order valence-electron chi connectivity index (χ1n) is 14.0. The Labute approximate surface area is 263 Å². The van der Waals surface area contributed by atoms with Crippen LogP contribution in [0, 0.1) is 0 Å². The molecule has 0 aliphatic carbocycles. The number of fused-ring (bicyclic) bond motifs is 15. The topological polar surface area (TPSA) is 203 Å². The normalized spacial score (nSPS) is 18.8. The van der Waals surface area contributed by atoms with E-state index in [1.807, 2.05) is 0 Å². The molecule has 5 N–H and O–H groups in total. The van der Waals surface area contributed by atoms with Gasteiger partial charge in [-0.05, 0) is 54.7 Å². The van der Waals surface area contributed by atoms with E-state index in [2.05, 4.69) is 0 Å². The number of carbonyl (C=O) groups excluding carboxylic acids is 5. The molecular formula is C30H15CuN5O10. The second-order valence-corrected chi connectivity index (χ2v) is 12.3. The number of nitrogens with zero attached hydrogens (tertiary/aromatic N) is 5. The van der Waals surface area contributed by atoms with Crippen molar-refractivity contribution in [1.29, 1.82) is 0 Å². The van der Waals surface area contributed by atoms with Crippen LogP contribution in [0.2, 0.25) is 0 Å². The van der Waals surface area contributed by atoms with Crippen molar-refractivity contribution in [3.63, 3.8) is 0 Å². The first kappa shape index (κ1) is 26.3. The number of hydroxylamine groups is 10. The van der Waals surface area contributed by atoms with Crippen LogP contribution >= 0.6 is 0 Å². The van der Waals surface area contributed by atoms with Crippen molar-refractivity contribution in [3.8, 4) is 0 Å². The molecule has 0 saturated heterocycles. The predicted molar refractivity (Wildman–Crippen MR) is 146 cm³/mol. The van der Waals surface area contributed by atoms with Crippen molar-refractivity contribution in [2.75, 3.05) is 0 Å². The quantitative estimate of drug-likeness (QED) is 0.0909. The Morgan fingerprint density at radius 1 is 0.304 bits per heavy atom. The van der Waals surface area contributed by atoms with Crippen molar-refractivity contribution in [3.05, 3.63) is 55.6 Å². The van der Waals surface area contributed by atoms with Crippen LogP contribution in [0.25, 0.3) is 53.9 Å². The van der Waals surface area contributed by atoms with E-state index in [1.165, 1.54) is 0 Å². The third-order valence-corrected chi connectivity index (χ3v) is 10.5. The van der Waals surface area contributed by atoms with E-state index in [1.54, 1.807) is 0 Å². The van der Waals surface area contributed by atoms with Gasteiger partial charge in [0.25, 0.3) is 29.5 Å². The maximum atomic E-state index is 13.7. The molecule has 0 aromatic heterocycles. The largest absolute Gasteiger partial charge is 0.285 e. The van der Waals surface area contributed by atoms with Crippen molar-refractivity contribution >= 4 is 83.4 Å². The van der Waals surface area contributed by atoms with E-state index in [9.17, 15) is 50.0 Å². The Hall–Kier alpha value is -4.93. The predicted octanol–water partition coefficient (Wildman–Crippen LogP) is 2.49. The minimum absolute atomic E-state index is 0. The number of amides is 5. The standard InChI is InChI=1S/C30H15N5O10.Cu/c36-26-16-6(1-31(26)41)11-17-8(3-32(42)27(17)37)13-19-10(5-34(44)29(19)39)15-20-9(4-35(45)30(20)40)14-18-7(2-33(43)28(18)38)12(16)22-21(11)23(13)25(15)24(14)22;/h41-45H,1-5H2;. The fourth-order valence-electron chi connectivity index (χ4n) is 9.11. The molecule has 46 heavy (non-hydrogen) atoms. The molecule has 0 bridgehead atoms. The monoisotopic (exact) mass is 668 g/mol. The van der Waals surface area contributed by atoms with Gasteiger partial charge in [0, 0.05) is 44.0 Å². The van der Waals surface area contributed by atoms with Crippen LogP contribution in [0.5, 0.6) is 0 Å². The fourth-order valence-corrected chi connectivity index (χ4v) is 9.11. The van der Waals surface area contributed by atoms with Crippen LogP contribution < -0.4 is 0 Å². The van der Waals surface area contributed by atoms with Crippen molar-refractivity contribution in [2.24, 2.45) is 0 Å². The summed E-state index contributed by atoms with van der Waals surface area (Å²) in [6.07, 6.45) is 0. The zero-order chi connectivity index (χ0) is 30.9. The summed E-state index contributed by atoms with van der Waals surface area (Å²) in [6, 6.07) is 0. The molecular weight excluding hydrogens is 654 g/mol. The van der Waals surface area contributed by atoms with Crippen LogP contribution in [0.15, 0.2) is 0 Å². The zero-order valence-corrected chi connectivity index (χ0v) is 23.8. The first-order valence-corrected chi connectivity index (χ1v) is 14.0. The molecule has 5 amide bonds. The Balaban J connectivity index is 0.00000275. The third kappa shape index (κ3) is 2.35. The van der Waals surface area contributed by atoms with Gasteiger partial charge in [0.2, 0.25) is 0 Å². The van der Waals surface area contributed by atoms with Gasteiger partial charge in [0.1, 0.15) is 0 Å². The van der Waals surface area contributed by atoms with Gasteiger partial charge >= 0.3 is 0 Å². The molecule has 1 radical (unpaired) electrons. The van der Waals surface area contributed by atoms with E-state index in [-0.39, 0.29) is 132 Å². The smallest absolute Gasteiger partial charge is 0.278 e. The van der Waals surface area contributed by atoms with E-state index < -0.39 is 29.5 Å². The summed E-state index contributed by atoms with van der Waals surface area (Å²) < 4.78 is 0. The minimum Gasteiger partial charge on any atom is -0.285 e. The van der Waals surface area contributed by atoms with Crippen LogP contribution in [-0.2, 0) is 49.8 Å². The van der Waals surface area contributed by atoms with Crippen LogP contribution in [0.1, 0.15) is 79.6 Å². The number of benzene rings is 5. The maximum Gasteiger partial charge on any atom is 0.278 e. The van der Waals surface area contributed by atoms with Gasteiger partial charge < -0.3 is 0 Å². The summed E-state index contributed by atoms with van der Waals surface area (Å²) in [5, 5.41) is 59.7. The second kappa shape index (κ2) is 7.54. The fraction of sp³-hybridized carbons (Fsp3) is 0.167. The molecule has 6 aromatic carbocycles. The summed E-state index contributed by atoms with van der Waals surface area (Å²) in [5.41, 5.74) is 1.59. The molecule has 6 aromatic rings. The molecule has 231 valence electrons. The maximum absolute atomic E-state index is 13.7. The molecule has 0 unspecified atom stereocenters. The average Bonchev–Trinajstić information content (AvgIpc) is 3.81. The Morgan fingerprint density at radius 3 is 0.609 bits per heavy atom. The SMILES string of the molecule is O=C1c2c(c3c4c(c5c6c(c7c8c(c9c%10c(c2c2c3c5c7c92)CN(O)C%10=O)CN(O)C8=O)CN(O)C6=O)CN(O)C4=O)CN1O.[Cu]. The van der Waals surface area contributed by atoms with E-state index in [0.717, 1.165) is 0 Å². The molecule has 15 nitrogen and oxygen atoms in total. The summed E-state index contributed by atoms with van der Waals surface area (Å²) in [4.78, 5) is 68.4. The Morgan fingerprint density at radius 2 is 0.457 bits per heavy atom. The van der Waals surface area contributed by atoms with E-state index in [0.29, 0.717) is 52.2 Å². The molecule has 5 aliphatic rings. The van der Waals surface area contributed by atoms with Crippen molar-refractivity contribution in [2.45, 2.75) is 32.7 Å². The molecule has 5 aliphatic heterocycles. The molecule has 5 heterocycles. The number of rotatable bonds is 0. The summed E-state index contributed by atoms with van der Waals surface area (Å²) in [5.74, 6) is -3.91. The Bertz CT molecular complexity index is 2180.